The van der Waals surface area contributed by atoms with Gasteiger partial charge in [-0.05, 0) is 12.1 Å². The number of furan rings is 1. The molecule has 88 valence electrons. The minimum atomic E-state index is -2.65. The number of nitrogens with zero attached hydrogens (tertiary/aromatic N) is 1. The number of hydrogen-bond acceptors (Lipinski definition) is 3. The Bertz CT molecular complexity index is 402. The number of carboxylic acid groups (broad SMARTS) is 1. The van der Waals surface area contributed by atoms with E-state index in [4.69, 9.17) is 5.11 Å². The predicted molar refractivity (Wildman–Crippen MR) is 48.6 cm³/mol. The van der Waals surface area contributed by atoms with Crippen molar-refractivity contribution in [2.45, 2.75) is 6.43 Å². The molecule has 0 radical (unpaired) electrons. The van der Waals surface area contributed by atoms with Crippen molar-refractivity contribution in [1.29, 1.82) is 0 Å². The first-order chi connectivity index (χ1) is 7.41. The van der Waals surface area contributed by atoms with Crippen LogP contribution in [-0.4, -0.2) is 41.9 Å². The molecule has 16 heavy (non-hydrogen) atoms. The molecule has 1 rings (SSSR count). The zero-order chi connectivity index (χ0) is 12.3. The number of carboxylic acids is 1. The van der Waals surface area contributed by atoms with Crippen LogP contribution in [0.25, 0.3) is 0 Å². The van der Waals surface area contributed by atoms with Gasteiger partial charge in [-0.15, -0.1) is 0 Å². The average molecular weight is 233 g/mol. The number of hydrogen-bond donors (Lipinski definition) is 1. The third-order valence-corrected chi connectivity index (χ3v) is 1.79. The number of carbonyl (C=O) groups is 2. The molecular weight excluding hydrogens is 224 g/mol. The van der Waals surface area contributed by atoms with E-state index < -0.39 is 30.6 Å². The number of carbonyl (C=O) groups excluding carboxylic acids is 1. The molecule has 0 atom stereocenters. The highest BCUT2D eigenvalue weighted by atomic mass is 19.3. The summed E-state index contributed by atoms with van der Waals surface area (Å²) in [5.41, 5.74) is 0. The van der Waals surface area contributed by atoms with Crippen molar-refractivity contribution in [3.8, 4) is 0 Å². The maximum atomic E-state index is 12.0. The normalized spacial score (nSPS) is 10.5. The van der Waals surface area contributed by atoms with Gasteiger partial charge in [-0.25, -0.2) is 13.6 Å². The molecule has 1 aromatic rings. The Labute approximate surface area is 89.3 Å². The van der Waals surface area contributed by atoms with E-state index in [0.29, 0.717) is 0 Å². The van der Waals surface area contributed by atoms with Crippen molar-refractivity contribution < 1.29 is 27.9 Å². The van der Waals surface area contributed by atoms with Crippen molar-refractivity contribution in [3.63, 3.8) is 0 Å². The summed E-state index contributed by atoms with van der Waals surface area (Å²) in [7, 11) is 1.18. The van der Waals surface area contributed by atoms with Gasteiger partial charge >= 0.3 is 5.97 Å². The lowest BCUT2D eigenvalue weighted by Crippen LogP contribution is -2.30. The Morgan fingerprint density at radius 2 is 2.00 bits per heavy atom. The van der Waals surface area contributed by atoms with Crippen LogP contribution in [0.1, 0.15) is 21.1 Å². The monoisotopic (exact) mass is 233 g/mol. The summed E-state index contributed by atoms with van der Waals surface area (Å²) in [5.74, 6) is -2.79. The number of alkyl halides is 2. The summed E-state index contributed by atoms with van der Waals surface area (Å²) in [6.45, 7) is -0.734. The Morgan fingerprint density at radius 3 is 2.44 bits per heavy atom. The predicted octanol–water partition coefficient (Wildman–Crippen LogP) is 1.31. The standard InChI is InChI=1S/C9H9F2NO4/c1-12(4-7(10)11)8(13)5-2-3-6(16-5)9(14)15/h2-3,7H,4H2,1H3,(H,14,15). The van der Waals surface area contributed by atoms with Crippen LogP contribution in [0, 0.1) is 0 Å². The molecule has 0 aliphatic heterocycles. The summed E-state index contributed by atoms with van der Waals surface area (Å²) in [6.07, 6.45) is -2.65. The molecule has 0 aliphatic carbocycles. The van der Waals surface area contributed by atoms with Gasteiger partial charge in [0.1, 0.15) is 0 Å². The molecule has 0 aromatic carbocycles. The van der Waals surface area contributed by atoms with Crippen molar-refractivity contribution >= 4 is 11.9 Å². The summed E-state index contributed by atoms with van der Waals surface area (Å²) < 4.78 is 28.6. The van der Waals surface area contributed by atoms with Gasteiger partial charge in [0, 0.05) is 7.05 Å². The Hall–Kier alpha value is -1.92. The Balaban J connectivity index is 2.76. The van der Waals surface area contributed by atoms with Gasteiger partial charge in [0.05, 0.1) is 6.54 Å². The topological polar surface area (TPSA) is 70.8 Å². The van der Waals surface area contributed by atoms with Crippen LogP contribution in [0.2, 0.25) is 0 Å². The first kappa shape index (κ1) is 12.2. The third kappa shape index (κ3) is 2.78. The second-order valence-electron chi connectivity index (χ2n) is 3.05. The molecular formula is C9H9F2NO4. The molecule has 0 fully saturated rings. The van der Waals surface area contributed by atoms with E-state index in [1.54, 1.807) is 0 Å². The van der Waals surface area contributed by atoms with E-state index in [-0.39, 0.29) is 5.76 Å². The lowest BCUT2D eigenvalue weighted by molar-refractivity contribution is 0.0580. The van der Waals surface area contributed by atoms with Crippen LogP contribution in [0.15, 0.2) is 16.5 Å². The summed E-state index contributed by atoms with van der Waals surface area (Å²) >= 11 is 0. The number of amides is 1. The van der Waals surface area contributed by atoms with Crippen molar-refractivity contribution in [2.75, 3.05) is 13.6 Å². The maximum absolute atomic E-state index is 12.0. The van der Waals surface area contributed by atoms with Crippen LogP contribution >= 0.6 is 0 Å². The molecule has 0 saturated carbocycles. The van der Waals surface area contributed by atoms with Crippen LogP contribution in [0.5, 0.6) is 0 Å². The molecule has 0 aliphatic rings. The van der Waals surface area contributed by atoms with E-state index in [2.05, 4.69) is 4.42 Å². The number of rotatable bonds is 4. The minimum absolute atomic E-state index is 0.277. The second kappa shape index (κ2) is 4.73. The fourth-order valence-electron chi connectivity index (χ4n) is 1.05. The molecule has 0 bridgehead atoms. The molecule has 1 aromatic heterocycles. The molecule has 1 N–H and O–H groups in total. The first-order valence-corrected chi connectivity index (χ1v) is 4.28. The van der Waals surface area contributed by atoms with Gasteiger partial charge in [-0.1, -0.05) is 0 Å². The van der Waals surface area contributed by atoms with Crippen molar-refractivity contribution in [1.82, 2.24) is 4.90 Å². The average Bonchev–Trinajstić information content (AvgIpc) is 2.64. The first-order valence-electron chi connectivity index (χ1n) is 4.28. The van der Waals surface area contributed by atoms with Crippen LogP contribution in [0.4, 0.5) is 8.78 Å². The molecule has 0 unspecified atom stereocenters. The molecule has 7 heteroatoms. The molecule has 0 saturated heterocycles. The molecule has 1 heterocycles. The van der Waals surface area contributed by atoms with Gasteiger partial charge in [0.2, 0.25) is 5.76 Å². The van der Waals surface area contributed by atoms with Crippen LogP contribution in [0.3, 0.4) is 0 Å². The molecule has 1 amide bonds. The second-order valence-corrected chi connectivity index (χ2v) is 3.05. The van der Waals surface area contributed by atoms with Gasteiger partial charge in [0.15, 0.2) is 5.76 Å². The van der Waals surface area contributed by atoms with Gasteiger partial charge in [-0.3, -0.25) is 4.79 Å². The highest BCUT2D eigenvalue weighted by Gasteiger charge is 2.20. The zero-order valence-corrected chi connectivity index (χ0v) is 8.31. The Kier molecular flexibility index (Phi) is 3.60. The summed E-state index contributed by atoms with van der Waals surface area (Å²) in [6, 6.07) is 2.22. The van der Waals surface area contributed by atoms with Crippen LogP contribution < -0.4 is 0 Å². The highest BCUT2D eigenvalue weighted by molar-refractivity contribution is 5.93. The van der Waals surface area contributed by atoms with Gasteiger partial charge in [0.25, 0.3) is 12.3 Å². The van der Waals surface area contributed by atoms with Gasteiger partial charge in [-0.2, -0.15) is 0 Å². The summed E-state index contributed by atoms with van der Waals surface area (Å²) in [4.78, 5) is 22.6. The highest BCUT2D eigenvalue weighted by Crippen LogP contribution is 2.10. The van der Waals surface area contributed by atoms with Crippen molar-refractivity contribution in [3.05, 3.63) is 23.7 Å². The third-order valence-electron chi connectivity index (χ3n) is 1.79. The van der Waals surface area contributed by atoms with E-state index >= 15 is 0 Å². The minimum Gasteiger partial charge on any atom is -0.475 e. The van der Waals surface area contributed by atoms with E-state index in [1.807, 2.05) is 0 Å². The lowest BCUT2D eigenvalue weighted by atomic mass is 10.4. The lowest BCUT2D eigenvalue weighted by Gasteiger charge is -2.14. The molecule has 0 spiro atoms. The number of aromatic carboxylic acids is 1. The number of halogens is 2. The SMILES string of the molecule is CN(CC(F)F)C(=O)c1ccc(C(=O)O)o1. The fourth-order valence-corrected chi connectivity index (χ4v) is 1.05. The van der Waals surface area contributed by atoms with Crippen molar-refractivity contribution in [2.24, 2.45) is 0 Å². The Morgan fingerprint density at radius 1 is 1.44 bits per heavy atom. The van der Waals surface area contributed by atoms with E-state index in [1.165, 1.54) is 7.05 Å². The van der Waals surface area contributed by atoms with E-state index in [9.17, 15) is 18.4 Å². The van der Waals surface area contributed by atoms with E-state index in [0.717, 1.165) is 17.0 Å². The fraction of sp³-hybridized carbons (Fsp3) is 0.333. The zero-order valence-electron chi connectivity index (χ0n) is 8.31. The maximum Gasteiger partial charge on any atom is 0.371 e. The molecule has 5 nitrogen and oxygen atoms in total. The summed E-state index contributed by atoms with van der Waals surface area (Å²) in [5, 5.41) is 8.53. The van der Waals surface area contributed by atoms with Crippen LogP contribution in [-0.2, 0) is 0 Å². The smallest absolute Gasteiger partial charge is 0.371 e. The quantitative estimate of drug-likeness (QED) is 0.851. The largest absolute Gasteiger partial charge is 0.475 e. The van der Waals surface area contributed by atoms with Gasteiger partial charge < -0.3 is 14.4 Å².